The number of urea groups is 1. The molecular formula is C19H25N3O3S. The number of amides is 2. The lowest BCUT2D eigenvalue weighted by atomic mass is 10.0. The zero-order valence-corrected chi connectivity index (χ0v) is 15.8. The maximum absolute atomic E-state index is 12.4. The molecule has 26 heavy (non-hydrogen) atoms. The molecule has 0 unspecified atom stereocenters. The van der Waals surface area contributed by atoms with Crippen molar-refractivity contribution >= 4 is 26.8 Å². The van der Waals surface area contributed by atoms with Crippen molar-refractivity contribution in [2.24, 2.45) is 0 Å². The van der Waals surface area contributed by atoms with Crippen molar-refractivity contribution in [1.82, 2.24) is 14.5 Å². The van der Waals surface area contributed by atoms with Gasteiger partial charge in [-0.1, -0.05) is 42.5 Å². The van der Waals surface area contributed by atoms with E-state index in [4.69, 9.17) is 0 Å². The summed E-state index contributed by atoms with van der Waals surface area (Å²) in [5.74, 6) is 0. The first-order valence-corrected chi connectivity index (χ1v) is 10.7. The average Bonchev–Trinajstić information content (AvgIpc) is 2.88. The third-order valence-electron chi connectivity index (χ3n) is 4.76. The second kappa shape index (κ2) is 8.05. The van der Waals surface area contributed by atoms with Gasteiger partial charge in [-0.05, 0) is 29.2 Å². The largest absolute Gasteiger partial charge is 0.338 e. The van der Waals surface area contributed by atoms with Crippen LogP contribution in [0.4, 0.5) is 4.79 Å². The molecule has 1 saturated heterocycles. The molecular weight excluding hydrogens is 350 g/mol. The minimum absolute atomic E-state index is 0.124. The number of hydrogen-bond donors (Lipinski definition) is 1. The molecule has 0 saturated carbocycles. The predicted molar refractivity (Wildman–Crippen MR) is 104 cm³/mol. The second-order valence-corrected chi connectivity index (χ2v) is 8.61. The van der Waals surface area contributed by atoms with Gasteiger partial charge in [-0.2, -0.15) is 0 Å². The molecule has 6 nitrogen and oxygen atoms in total. The highest BCUT2D eigenvalue weighted by atomic mass is 32.2. The Morgan fingerprint density at radius 2 is 1.81 bits per heavy atom. The summed E-state index contributed by atoms with van der Waals surface area (Å²) in [5, 5.41) is 5.38. The average molecular weight is 375 g/mol. The van der Waals surface area contributed by atoms with Crippen molar-refractivity contribution in [3.8, 4) is 0 Å². The Labute approximate surface area is 154 Å². The number of carbonyl (C=O) groups excluding carboxylic acids is 1. The first-order chi connectivity index (χ1) is 12.4. The number of fused-ring (bicyclic) bond motifs is 1. The molecule has 1 aliphatic rings. The predicted octanol–water partition coefficient (Wildman–Crippen LogP) is 2.06. The number of hydrogen-bond acceptors (Lipinski definition) is 3. The van der Waals surface area contributed by atoms with Gasteiger partial charge in [0.2, 0.25) is 10.0 Å². The lowest BCUT2D eigenvalue weighted by Gasteiger charge is -2.21. The standard InChI is InChI=1S/C19H25N3O3S/c1-26(24,25)22-13-5-12-21(14-15-22)19(23)20-11-10-17-8-4-7-16-6-2-3-9-18(16)17/h2-4,6-9H,5,10-15H2,1H3,(H,20,23). The molecule has 1 N–H and O–H groups in total. The minimum Gasteiger partial charge on any atom is -0.338 e. The van der Waals surface area contributed by atoms with Crippen LogP contribution in [-0.2, 0) is 16.4 Å². The molecule has 0 aliphatic carbocycles. The Morgan fingerprint density at radius 3 is 2.62 bits per heavy atom. The van der Waals surface area contributed by atoms with Crippen LogP contribution in [0, 0.1) is 0 Å². The third-order valence-corrected chi connectivity index (χ3v) is 6.06. The van der Waals surface area contributed by atoms with Crippen LogP contribution in [0.5, 0.6) is 0 Å². The van der Waals surface area contributed by atoms with Crippen LogP contribution < -0.4 is 5.32 Å². The first-order valence-electron chi connectivity index (χ1n) is 8.90. The SMILES string of the molecule is CS(=O)(=O)N1CCCN(C(=O)NCCc2cccc3ccccc23)CC1. The van der Waals surface area contributed by atoms with E-state index in [-0.39, 0.29) is 6.03 Å². The van der Waals surface area contributed by atoms with Crippen LogP contribution in [0.3, 0.4) is 0 Å². The number of benzene rings is 2. The van der Waals surface area contributed by atoms with Crippen molar-refractivity contribution in [2.45, 2.75) is 12.8 Å². The number of carbonyl (C=O) groups is 1. The van der Waals surface area contributed by atoms with Crippen LogP contribution in [0.25, 0.3) is 10.8 Å². The molecule has 7 heteroatoms. The number of rotatable bonds is 4. The number of nitrogens with one attached hydrogen (secondary N) is 1. The topological polar surface area (TPSA) is 69.7 Å². The lowest BCUT2D eigenvalue weighted by Crippen LogP contribution is -2.43. The fourth-order valence-electron chi connectivity index (χ4n) is 3.35. The Kier molecular flexibility index (Phi) is 5.78. The molecule has 140 valence electrons. The lowest BCUT2D eigenvalue weighted by molar-refractivity contribution is 0.200. The van der Waals surface area contributed by atoms with Crippen LogP contribution in [0.1, 0.15) is 12.0 Å². The van der Waals surface area contributed by atoms with E-state index in [0.29, 0.717) is 39.1 Å². The zero-order valence-electron chi connectivity index (χ0n) is 15.0. The van der Waals surface area contributed by atoms with Gasteiger partial charge in [-0.3, -0.25) is 0 Å². The Morgan fingerprint density at radius 1 is 1.04 bits per heavy atom. The summed E-state index contributed by atoms with van der Waals surface area (Å²) >= 11 is 0. The zero-order chi connectivity index (χ0) is 18.6. The van der Waals surface area contributed by atoms with Gasteiger partial charge in [-0.15, -0.1) is 0 Å². The normalized spacial score (nSPS) is 16.4. The molecule has 1 heterocycles. The number of sulfonamides is 1. The highest BCUT2D eigenvalue weighted by molar-refractivity contribution is 7.88. The summed E-state index contributed by atoms with van der Waals surface area (Å²) in [6.45, 7) is 2.38. The van der Waals surface area contributed by atoms with Crippen molar-refractivity contribution in [3.63, 3.8) is 0 Å². The van der Waals surface area contributed by atoms with Gasteiger partial charge >= 0.3 is 6.03 Å². The molecule has 1 aliphatic heterocycles. The fraction of sp³-hybridized carbons (Fsp3) is 0.421. The van der Waals surface area contributed by atoms with Crippen molar-refractivity contribution in [1.29, 1.82) is 0 Å². The van der Waals surface area contributed by atoms with Gasteiger partial charge in [0.1, 0.15) is 0 Å². The molecule has 2 aromatic carbocycles. The Balaban J connectivity index is 1.54. The molecule has 0 bridgehead atoms. The second-order valence-electron chi connectivity index (χ2n) is 6.62. The summed E-state index contributed by atoms with van der Waals surface area (Å²) in [7, 11) is -3.20. The molecule has 0 atom stereocenters. The summed E-state index contributed by atoms with van der Waals surface area (Å²) < 4.78 is 24.8. The van der Waals surface area contributed by atoms with Gasteiger partial charge in [-0.25, -0.2) is 17.5 Å². The van der Waals surface area contributed by atoms with E-state index >= 15 is 0 Å². The van der Waals surface area contributed by atoms with E-state index in [0.717, 1.165) is 6.42 Å². The molecule has 0 radical (unpaired) electrons. The van der Waals surface area contributed by atoms with Crippen LogP contribution >= 0.6 is 0 Å². The summed E-state index contributed by atoms with van der Waals surface area (Å²) in [5.41, 5.74) is 1.21. The fourth-order valence-corrected chi connectivity index (χ4v) is 4.23. The maximum atomic E-state index is 12.4. The van der Waals surface area contributed by atoms with E-state index in [1.165, 1.54) is 26.9 Å². The van der Waals surface area contributed by atoms with Crippen molar-refractivity contribution in [3.05, 3.63) is 48.0 Å². The minimum atomic E-state index is -3.20. The number of nitrogens with zero attached hydrogens (tertiary/aromatic N) is 2. The van der Waals surface area contributed by atoms with E-state index < -0.39 is 10.0 Å². The van der Waals surface area contributed by atoms with Crippen molar-refractivity contribution < 1.29 is 13.2 Å². The Hall–Kier alpha value is -2.12. The van der Waals surface area contributed by atoms with Crippen LogP contribution in [0.2, 0.25) is 0 Å². The molecule has 0 aromatic heterocycles. The monoisotopic (exact) mass is 375 g/mol. The van der Waals surface area contributed by atoms with Crippen molar-refractivity contribution in [2.75, 3.05) is 39.0 Å². The van der Waals surface area contributed by atoms with Gasteiger partial charge in [0.25, 0.3) is 0 Å². The highest BCUT2D eigenvalue weighted by Gasteiger charge is 2.23. The van der Waals surface area contributed by atoms with Crippen LogP contribution in [0.15, 0.2) is 42.5 Å². The van der Waals surface area contributed by atoms with Gasteiger partial charge in [0.15, 0.2) is 0 Å². The smallest absolute Gasteiger partial charge is 0.317 e. The van der Waals surface area contributed by atoms with E-state index in [1.54, 1.807) is 4.90 Å². The molecule has 2 aromatic rings. The summed E-state index contributed by atoms with van der Waals surface area (Å²) in [6, 6.07) is 14.3. The van der Waals surface area contributed by atoms with Gasteiger partial charge in [0.05, 0.1) is 6.26 Å². The third kappa shape index (κ3) is 4.53. The van der Waals surface area contributed by atoms with E-state index in [1.807, 2.05) is 18.2 Å². The Bertz CT molecular complexity index is 877. The van der Waals surface area contributed by atoms with E-state index in [2.05, 4.69) is 29.6 Å². The highest BCUT2D eigenvalue weighted by Crippen LogP contribution is 2.18. The summed E-state index contributed by atoms with van der Waals surface area (Å²) in [4.78, 5) is 14.1. The van der Waals surface area contributed by atoms with Crippen LogP contribution in [-0.4, -0.2) is 62.6 Å². The first kappa shape index (κ1) is 18.7. The molecule has 2 amide bonds. The van der Waals surface area contributed by atoms with Gasteiger partial charge < -0.3 is 10.2 Å². The molecule has 3 rings (SSSR count). The maximum Gasteiger partial charge on any atom is 0.317 e. The molecule has 0 spiro atoms. The molecule has 1 fully saturated rings. The van der Waals surface area contributed by atoms with Gasteiger partial charge in [0, 0.05) is 32.7 Å². The van der Waals surface area contributed by atoms with E-state index in [9.17, 15) is 13.2 Å². The quantitative estimate of drug-likeness (QED) is 0.889. The summed E-state index contributed by atoms with van der Waals surface area (Å²) in [6.07, 6.45) is 2.63.